The van der Waals surface area contributed by atoms with E-state index in [2.05, 4.69) is 6.58 Å². The van der Waals surface area contributed by atoms with Crippen LogP contribution in [-0.2, 0) is 31.9 Å². The van der Waals surface area contributed by atoms with E-state index >= 15 is 0 Å². The average Bonchev–Trinajstić information content (AvgIpc) is 2.63. The minimum Gasteiger partial charge on any atom is -0.465 e. The van der Waals surface area contributed by atoms with Crippen molar-refractivity contribution in [3.8, 4) is 0 Å². The van der Waals surface area contributed by atoms with Crippen LogP contribution in [0.4, 0.5) is 0 Å². The van der Waals surface area contributed by atoms with Gasteiger partial charge in [0.25, 0.3) is 0 Å². The predicted molar refractivity (Wildman–Crippen MR) is 96.0 cm³/mol. The smallest absolute Gasteiger partial charge is 0.334 e. The molecule has 0 fully saturated rings. The molecule has 0 amide bonds. The Labute approximate surface area is 148 Å². The maximum absolute atomic E-state index is 11.8. The Morgan fingerprint density at radius 2 is 1.24 bits per heavy atom. The first-order chi connectivity index (χ1) is 12.1. The van der Waals surface area contributed by atoms with Crippen molar-refractivity contribution in [2.45, 2.75) is 19.3 Å². The Morgan fingerprint density at radius 1 is 0.760 bits per heavy atom. The first kappa shape index (κ1) is 18.5. The SMILES string of the molecule is C=C(CC(=O)OCCc1ccccc1)C(=O)OCCc1ccccc1. The van der Waals surface area contributed by atoms with Gasteiger partial charge in [0.2, 0.25) is 0 Å². The monoisotopic (exact) mass is 338 g/mol. The minimum atomic E-state index is -0.559. The summed E-state index contributed by atoms with van der Waals surface area (Å²) in [5.74, 6) is -1.03. The lowest BCUT2D eigenvalue weighted by Gasteiger charge is -2.08. The molecule has 0 saturated carbocycles. The molecular weight excluding hydrogens is 316 g/mol. The van der Waals surface area contributed by atoms with E-state index in [1.807, 2.05) is 60.7 Å². The van der Waals surface area contributed by atoms with Crippen LogP contribution in [0.3, 0.4) is 0 Å². The zero-order chi connectivity index (χ0) is 17.9. The van der Waals surface area contributed by atoms with Crippen molar-refractivity contribution < 1.29 is 19.1 Å². The van der Waals surface area contributed by atoms with Crippen molar-refractivity contribution in [2.75, 3.05) is 13.2 Å². The van der Waals surface area contributed by atoms with Crippen LogP contribution in [0.15, 0.2) is 72.8 Å². The Morgan fingerprint density at radius 3 is 1.76 bits per heavy atom. The summed E-state index contributed by atoms with van der Waals surface area (Å²) < 4.78 is 10.3. The molecule has 0 heterocycles. The van der Waals surface area contributed by atoms with Gasteiger partial charge in [-0.2, -0.15) is 0 Å². The Kier molecular flexibility index (Phi) is 7.44. The number of carbonyl (C=O) groups is 2. The van der Waals surface area contributed by atoms with Crippen molar-refractivity contribution in [1.82, 2.24) is 0 Å². The number of hydrogen-bond acceptors (Lipinski definition) is 4. The quantitative estimate of drug-likeness (QED) is 0.519. The molecule has 2 aromatic rings. The molecule has 0 aliphatic rings. The van der Waals surface area contributed by atoms with Crippen LogP contribution in [0.5, 0.6) is 0 Å². The standard InChI is InChI=1S/C21H22O4/c1-17(21(23)25-15-13-19-10-6-3-7-11-19)16-20(22)24-14-12-18-8-4-2-5-9-18/h2-11H,1,12-16H2. The average molecular weight is 338 g/mol. The van der Waals surface area contributed by atoms with Crippen molar-refractivity contribution in [1.29, 1.82) is 0 Å². The van der Waals surface area contributed by atoms with E-state index in [9.17, 15) is 9.59 Å². The molecule has 0 aliphatic carbocycles. The highest BCUT2D eigenvalue weighted by Crippen LogP contribution is 2.06. The maximum Gasteiger partial charge on any atom is 0.334 e. The number of ether oxygens (including phenoxy) is 2. The molecule has 0 bridgehead atoms. The van der Waals surface area contributed by atoms with Crippen LogP contribution >= 0.6 is 0 Å². The summed E-state index contributed by atoms with van der Waals surface area (Å²) in [5.41, 5.74) is 2.29. The van der Waals surface area contributed by atoms with Gasteiger partial charge in [-0.15, -0.1) is 0 Å². The van der Waals surface area contributed by atoms with Gasteiger partial charge in [-0.05, 0) is 11.1 Å². The molecule has 4 heteroatoms. The van der Waals surface area contributed by atoms with E-state index in [-0.39, 0.29) is 25.2 Å². The van der Waals surface area contributed by atoms with Crippen molar-refractivity contribution in [3.63, 3.8) is 0 Å². The lowest BCUT2D eigenvalue weighted by molar-refractivity contribution is -0.146. The summed E-state index contributed by atoms with van der Waals surface area (Å²) in [7, 11) is 0. The summed E-state index contributed by atoms with van der Waals surface area (Å²) in [4.78, 5) is 23.6. The summed E-state index contributed by atoms with van der Waals surface area (Å²) in [6.45, 7) is 4.14. The molecule has 4 nitrogen and oxygen atoms in total. The Hall–Kier alpha value is -2.88. The molecule has 0 spiro atoms. The largest absolute Gasteiger partial charge is 0.465 e. The van der Waals surface area contributed by atoms with E-state index in [1.54, 1.807) is 0 Å². The van der Waals surface area contributed by atoms with Crippen molar-refractivity contribution in [2.24, 2.45) is 0 Å². The fourth-order valence-corrected chi connectivity index (χ4v) is 2.23. The third kappa shape index (κ3) is 7.04. The maximum atomic E-state index is 11.8. The van der Waals surface area contributed by atoms with E-state index in [0.29, 0.717) is 12.8 Å². The molecule has 0 atom stereocenters. The van der Waals surface area contributed by atoms with Gasteiger partial charge >= 0.3 is 11.9 Å². The number of esters is 2. The molecular formula is C21H22O4. The molecule has 0 saturated heterocycles. The molecule has 0 radical (unpaired) electrons. The highest BCUT2D eigenvalue weighted by Gasteiger charge is 2.14. The molecule has 25 heavy (non-hydrogen) atoms. The zero-order valence-corrected chi connectivity index (χ0v) is 14.1. The van der Waals surface area contributed by atoms with Crippen molar-refractivity contribution in [3.05, 3.63) is 83.9 Å². The van der Waals surface area contributed by atoms with Crippen LogP contribution in [0.25, 0.3) is 0 Å². The lowest BCUT2D eigenvalue weighted by atomic mass is 10.2. The Bertz CT molecular complexity index is 692. The van der Waals surface area contributed by atoms with Gasteiger partial charge in [0.15, 0.2) is 0 Å². The number of hydrogen-bond donors (Lipinski definition) is 0. The lowest BCUT2D eigenvalue weighted by Crippen LogP contribution is -2.15. The normalized spacial score (nSPS) is 10.1. The van der Waals surface area contributed by atoms with Crippen molar-refractivity contribution >= 4 is 11.9 Å². The van der Waals surface area contributed by atoms with Crippen LogP contribution in [0.2, 0.25) is 0 Å². The molecule has 2 rings (SSSR count). The Balaban J connectivity index is 1.62. The molecule has 0 N–H and O–H groups in total. The first-order valence-corrected chi connectivity index (χ1v) is 8.23. The number of benzene rings is 2. The zero-order valence-electron chi connectivity index (χ0n) is 14.1. The predicted octanol–water partition coefficient (Wildman–Crippen LogP) is 3.50. The highest BCUT2D eigenvalue weighted by molar-refractivity contribution is 5.93. The second kappa shape index (κ2) is 10.1. The third-order valence-corrected chi connectivity index (χ3v) is 3.61. The molecule has 0 aliphatic heterocycles. The highest BCUT2D eigenvalue weighted by atomic mass is 16.5. The van der Waals surface area contributed by atoms with Crippen LogP contribution < -0.4 is 0 Å². The van der Waals surface area contributed by atoms with Crippen LogP contribution in [0, 0.1) is 0 Å². The van der Waals surface area contributed by atoms with Gasteiger partial charge in [-0.25, -0.2) is 4.79 Å². The van der Waals surface area contributed by atoms with Gasteiger partial charge in [0.05, 0.1) is 19.6 Å². The van der Waals surface area contributed by atoms with Crippen LogP contribution in [-0.4, -0.2) is 25.2 Å². The molecule has 130 valence electrons. The van der Waals surface area contributed by atoms with E-state index in [1.165, 1.54) is 0 Å². The van der Waals surface area contributed by atoms with E-state index < -0.39 is 11.9 Å². The fraction of sp³-hybridized carbons (Fsp3) is 0.238. The third-order valence-electron chi connectivity index (χ3n) is 3.61. The first-order valence-electron chi connectivity index (χ1n) is 8.23. The summed E-state index contributed by atoms with van der Waals surface area (Å²) >= 11 is 0. The second-order valence-corrected chi connectivity index (χ2v) is 5.61. The summed E-state index contributed by atoms with van der Waals surface area (Å²) in [6.07, 6.45) is 1.11. The van der Waals surface area contributed by atoms with Gasteiger partial charge < -0.3 is 9.47 Å². The molecule has 0 unspecified atom stereocenters. The van der Waals surface area contributed by atoms with Gasteiger partial charge in [-0.3, -0.25) is 4.79 Å². The van der Waals surface area contributed by atoms with Crippen LogP contribution in [0.1, 0.15) is 17.5 Å². The second-order valence-electron chi connectivity index (χ2n) is 5.61. The fourth-order valence-electron chi connectivity index (χ4n) is 2.23. The van der Waals surface area contributed by atoms with Gasteiger partial charge in [0, 0.05) is 18.4 Å². The topological polar surface area (TPSA) is 52.6 Å². The van der Waals surface area contributed by atoms with E-state index in [0.717, 1.165) is 11.1 Å². The minimum absolute atomic E-state index is 0.109. The van der Waals surface area contributed by atoms with Gasteiger partial charge in [0.1, 0.15) is 0 Å². The summed E-state index contributed by atoms with van der Waals surface area (Å²) in [6, 6.07) is 19.5. The molecule has 2 aromatic carbocycles. The number of rotatable bonds is 9. The summed E-state index contributed by atoms with van der Waals surface area (Å²) in [5, 5.41) is 0. The number of carbonyl (C=O) groups excluding carboxylic acids is 2. The van der Waals surface area contributed by atoms with E-state index in [4.69, 9.17) is 9.47 Å². The molecule has 0 aromatic heterocycles. The van der Waals surface area contributed by atoms with Gasteiger partial charge in [-0.1, -0.05) is 67.2 Å².